The van der Waals surface area contributed by atoms with Crippen LogP contribution in [0.3, 0.4) is 0 Å². The molecule has 0 fully saturated rings. The summed E-state index contributed by atoms with van der Waals surface area (Å²) in [6, 6.07) is 110. The van der Waals surface area contributed by atoms with Crippen LogP contribution in [-0.4, -0.2) is 0 Å². The first-order valence-corrected chi connectivity index (χ1v) is 25.4. The van der Waals surface area contributed by atoms with Gasteiger partial charge in [-0.3, -0.25) is 0 Å². The highest BCUT2D eigenvalue weighted by molar-refractivity contribution is 6.21. The van der Waals surface area contributed by atoms with Crippen molar-refractivity contribution in [1.82, 2.24) is 0 Å². The fourth-order valence-electron chi connectivity index (χ4n) is 10.8. The third kappa shape index (κ3) is 8.45. The highest BCUT2D eigenvalue weighted by atomic mass is 15.1. The van der Waals surface area contributed by atoms with Gasteiger partial charge in [0.05, 0.1) is 0 Å². The van der Waals surface area contributed by atoms with Crippen molar-refractivity contribution >= 4 is 66.4 Å². The van der Waals surface area contributed by atoms with Gasteiger partial charge in [-0.15, -0.1) is 0 Å². The Morgan fingerprint density at radius 2 is 0.405 bits per heavy atom. The highest BCUT2D eigenvalue weighted by Crippen LogP contribution is 2.45. The van der Waals surface area contributed by atoms with Gasteiger partial charge in [0.25, 0.3) is 0 Å². The van der Waals surface area contributed by atoms with Gasteiger partial charge in [0.1, 0.15) is 0 Å². The fraction of sp³-hybridized carbons (Fsp3) is 0. The van der Waals surface area contributed by atoms with E-state index >= 15 is 0 Å². The number of nitrogens with zero attached hydrogens (tertiary/aromatic N) is 2. The summed E-state index contributed by atoms with van der Waals surface area (Å²) in [5.74, 6) is 0. The Hall–Kier alpha value is -9.76. The molecule has 0 aliphatic heterocycles. The Kier molecular flexibility index (Phi) is 11.6. The summed E-state index contributed by atoms with van der Waals surface area (Å²) in [4.78, 5) is 4.64. The number of para-hydroxylation sites is 3. The van der Waals surface area contributed by atoms with Gasteiger partial charge in [-0.2, -0.15) is 0 Å². The Labute approximate surface area is 433 Å². The van der Waals surface area contributed by atoms with Crippen LogP contribution in [0.25, 0.3) is 88.0 Å². The number of fused-ring (bicyclic) bond motifs is 3. The number of rotatable bonds is 11. The zero-order chi connectivity index (χ0) is 49.2. The van der Waals surface area contributed by atoms with Gasteiger partial charge in [-0.25, -0.2) is 0 Å². The van der Waals surface area contributed by atoms with Crippen LogP contribution >= 0.6 is 0 Å². The second-order valence-electron chi connectivity index (χ2n) is 18.9. The monoisotopic (exact) mass is 942 g/mol. The van der Waals surface area contributed by atoms with Crippen molar-refractivity contribution in [2.75, 3.05) is 9.80 Å². The van der Waals surface area contributed by atoms with E-state index in [9.17, 15) is 0 Å². The van der Waals surface area contributed by atoms with Gasteiger partial charge in [-0.05, 0) is 167 Å². The maximum absolute atomic E-state index is 2.34. The molecule has 0 aromatic heterocycles. The van der Waals surface area contributed by atoms with Crippen molar-refractivity contribution in [2.24, 2.45) is 0 Å². The first kappa shape index (κ1) is 44.2. The molecule has 348 valence electrons. The lowest BCUT2D eigenvalue weighted by molar-refractivity contribution is 1.28. The molecule has 13 aromatic carbocycles. The summed E-state index contributed by atoms with van der Waals surface area (Å²) >= 11 is 0. The molecule has 0 aliphatic rings. The minimum absolute atomic E-state index is 1.09. The first-order chi connectivity index (χ1) is 36.7. The average Bonchev–Trinajstić information content (AvgIpc) is 3.49. The lowest BCUT2D eigenvalue weighted by atomic mass is 9.85. The van der Waals surface area contributed by atoms with Crippen LogP contribution < -0.4 is 9.80 Å². The van der Waals surface area contributed by atoms with Crippen molar-refractivity contribution in [3.05, 3.63) is 303 Å². The molecule has 0 aliphatic carbocycles. The van der Waals surface area contributed by atoms with E-state index in [-0.39, 0.29) is 0 Å². The number of anilines is 6. The fourth-order valence-corrected chi connectivity index (χ4v) is 10.8. The number of hydrogen-bond acceptors (Lipinski definition) is 2. The minimum Gasteiger partial charge on any atom is -0.311 e. The van der Waals surface area contributed by atoms with Gasteiger partial charge < -0.3 is 9.80 Å². The molecular weight excluding hydrogens is 893 g/mol. The number of hydrogen-bond donors (Lipinski definition) is 0. The summed E-state index contributed by atoms with van der Waals surface area (Å²) in [6.07, 6.45) is 0. The molecule has 13 rings (SSSR count). The van der Waals surface area contributed by atoms with Gasteiger partial charge >= 0.3 is 0 Å². The molecule has 0 radical (unpaired) electrons. The normalized spacial score (nSPS) is 11.2. The van der Waals surface area contributed by atoms with Crippen LogP contribution in [0.1, 0.15) is 0 Å². The molecule has 74 heavy (non-hydrogen) atoms. The molecule has 0 spiro atoms. The van der Waals surface area contributed by atoms with Crippen LogP contribution in [0.5, 0.6) is 0 Å². The van der Waals surface area contributed by atoms with E-state index in [1.807, 2.05) is 0 Å². The van der Waals surface area contributed by atoms with E-state index in [2.05, 4.69) is 313 Å². The molecule has 0 amide bonds. The predicted octanol–water partition coefficient (Wildman–Crippen LogP) is 20.4. The topological polar surface area (TPSA) is 6.48 Å². The summed E-state index contributed by atoms with van der Waals surface area (Å²) in [5.41, 5.74) is 18.7. The average molecular weight is 943 g/mol. The van der Waals surface area contributed by atoms with Crippen LogP contribution in [-0.2, 0) is 0 Å². The maximum Gasteiger partial charge on any atom is 0.0462 e. The van der Waals surface area contributed by atoms with E-state index < -0.39 is 0 Å². The van der Waals surface area contributed by atoms with Gasteiger partial charge in [0, 0.05) is 34.1 Å². The molecule has 0 bridgehead atoms. The van der Waals surface area contributed by atoms with Crippen LogP contribution in [0.2, 0.25) is 0 Å². The Morgan fingerprint density at radius 1 is 0.162 bits per heavy atom. The quantitative estimate of drug-likeness (QED) is 0.119. The Bertz CT molecular complexity index is 3960. The molecule has 0 heterocycles. The van der Waals surface area contributed by atoms with E-state index in [0.717, 1.165) is 39.7 Å². The third-order valence-corrected chi connectivity index (χ3v) is 14.4. The zero-order valence-electron chi connectivity index (χ0n) is 40.8. The van der Waals surface area contributed by atoms with Crippen molar-refractivity contribution in [3.8, 4) is 55.6 Å². The second kappa shape index (κ2) is 19.4. The maximum atomic E-state index is 2.34. The third-order valence-electron chi connectivity index (χ3n) is 14.4. The van der Waals surface area contributed by atoms with E-state index in [4.69, 9.17) is 0 Å². The van der Waals surface area contributed by atoms with E-state index in [1.165, 1.54) is 82.4 Å². The molecule has 0 saturated carbocycles. The van der Waals surface area contributed by atoms with E-state index in [1.54, 1.807) is 0 Å². The minimum atomic E-state index is 1.09. The van der Waals surface area contributed by atoms with Crippen molar-refractivity contribution in [2.45, 2.75) is 0 Å². The summed E-state index contributed by atoms with van der Waals surface area (Å²) in [6.45, 7) is 0. The van der Waals surface area contributed by atoms with Crippen molar-refractivity contribution in [1.29, 1.82) is 0 Å². The lowest BCUT2D eigenvalue weighted by Gasteiger charge is -2.26. The van der Waals surface area contributed by atoms with Crippen LogP contribution in [0.4, 0.5) is 34.1 Å². The molecule has 2 nitrogen and oxygen atoms in total. The molecule has 13 aromatic rings. The predicted molar refractivity (Wildman–Crippen MR) is 316 cm³/mol. The van der Waals surface area contributed by atoms with Crippen molar-refractivity contribution in [3.63, 3.8) is 0 Å². The molecule has 0 atom stereocenters. The summed E-state index contributed by atoms with van der Waals surface area (Å²) in [5, 5.41) is 7.47. The molecular formula is C72H50N2. The first-order valence-electron chi connectivity index (χ1n) is 25.4. The Morgan fingerprint density at radius 3 is 0.770 bits per heavy atom. The molecule has 0 saturated heterocycles. The van der Waals surface area contributed by atoms with E-state index in [0.29, 0.717) is 0 Å². The van der Waals surface area contributed by atoms with Gasteiger partial charge in [0.15, 0.2) is 0 Å². The van der Waals surface area contributed by atoms with Gasteiger partial charge in [0.2, 0.25) is 0 Å². The number of benzene rings is 13. The second-order valence-corrected chi connectivity index (χ2v) is 18.9. The van der Waals surface area contributed by atoms with Gasteiger partial charge in [-0.1, -0.05) is 224 Å². The van der Waals surface area contributed by atoms with Crippen molar-refractivity contribution < 1.29 is 0 Å². The molecule has 0 N–H and O–H groups in total. The highest BCUT2D eigenvalue weighted by Gasteiger charge is 2.19. The zero-order valence-corrected chi connectivity index (χ0v) is 40.8. The lowest BCUT2D eigenvalue weighted by Crippen LogP contribution is -2.09. The summed E-state index contributed by atoms with van der Waals surface area (Å²) in [7, 11) is 0. The summed E-state index contributed by atoms with van der Waals surface area (Å²) < 4.78 is 0. The SMILES string of the molecule is c1ccc(N(c2ccccc2)c2ccc(-c3ccc(N(c4ccccc4)c4ccc(-c5c6ccccc6c(-c6ccc(-c7ccc(-c8ccc9ccccc9c8)cc7)cc6)c6ccccc56)cc4)cc3)cc2)cc1. The van der Waals surface area contributed by atoms with Crippen LogP contribution in [0, 0.1) is 0 Å². The standard InChI is InChI=1S/C72H50N2/c1-4-18-61(19-5-1)73(62-20-6-2-7-21-62)64-44-38-54(39-45-64)55-40-46-65(47-41-55)74(63-22-8-3-9-23-63)66-48-42-58(43-49-66)72-69-26-14-12-24-67(69)71(68-25-13-15-27-70(68)72)57-35-32-53(33-36-57)52-28-30-56(31-29-52)60-37-34-51-16-10-11-17-59(51)50-60/h1-50H. The molecule has 2 heteroatoms. The molecule has 0 unspecified atom stereocenters. The smallest absolute Gasteiger partial charge is 0.0462 e. The largest absolute Gasteiger partial charge is 0.311 e. The Balaban J connectivity index is 0.802. The van der Waals surface area contributed by atoms with Crippen LogP contribution in [0.15, 0.2) is 303 Å².